The Morgan fingerprint density at radius 2 is 2.00 bits per heavy atom. The summed E-state index contributed by atoms with van der Waals surface area (Å²) >= 11 is 0. The van der Waals surface area contributed by atoms with Gasteiger partial charge in [0.15, 0.2) is 5.78 Å². The summed E-state index contributed by atoms with van der Waals surface area (Å²) in [5.41, 5.74) is 2.73. The molecule has 0 bridgehead atoms. The normalized spacial score (nSPS) is 21.1. The van der Waals surface area contributed by atoms with Crippen LogP contribution in [0.4, 0.5) is 10.3 Å². The molecule has 0 unspecified atom stereocenters. The highest BCUT2D eigenvalue weighted by Gasteiger charge is 2.39. The smallest absolute Gasteiger partial charge is 0.226 e. The van der Waals surface area contributed by atoms with Crippen molar-refractivity contribution in [3.8, 4) is 5.75 Å². The van der Waals surface area contributed by atoms with Gasteiger partial charge in [-0.1, -0.05) is 30.3 Å². The maximum absolute atomic E-state index is 13.9. The quantitative estimate of drug-likeness (QED) is 0.715. The van der Waals surface area contributed by atoms with Crippen LogP contribution in [0.3, 0.4) is 0 Å². The molecule has 0 saturated heterocycles. The van der Waals surface area contributed by atoms with Crippen molar-refractivity contribution in [1.82, 2.24) is 14.8 Å². The highest BCUT2D eigenvalue weighted by Crippen LogP contribution is 2.45. The van der Waals surface area contributed by atoms with Crippen molar-refractivity contribution in [2.45, 2.75) is 24.8 Å². The second-order valence-electron chi connectivity index (χ2n) is 7.09. The number of nitrogens with one attached hydrogen (secondary N) is 1. The van der Waals surface area contributed by atoms with Crippen molar-refractivity contribution < 1.29 is 14.3 Å². The summed E-state index contributed by atoms with van der Waals surface area (Å²) in [6.45, 7) is 0. The Labute approximate surface area is 160 Å². The Kier molecular flexibility index (Phi) is 3.75. The van der Waals surface area contributed by atoms with Gasteiger partial charge in [-0.05, 0) is 35.7 Å². The molecule has 1 aromatic heterocycles. The predicted octanol–water partition coefficient (Wildman–Crippen LogP) is 3.54. The van der Waals surface area contributed by atoms with E-state index in [4.69, 9.17) is 0 Å². The fraction of sp³-hybridized carbons (Fsp3) is 0.190. The third-order valence-electron chi connectivity index (χ3n) is 5.40. The predicted molar refractivity (Wildman–Crippen MR) is 100 cm³/mol. The van der Waals surface area contributed by atoms with Crippen LogP contribution in [0.5, 0.6) is 5.75 Å². The highest BCUT2D eigenvalue weighted by molar-refractivity contribution is 6.00. The van der Waals surface area contributed by atoms with Gasteiger partial charge in [-0.3, -0.25) is 4.79 Å². The van der Waals surface area contributed by atoms with Crippen LogP contribution in [-0.4, -0.2) is 25.7 Å². The van der Waals surface area contributed by atoms with Gasteiger partial charge >= 0.3 is 0 Å². The number of aromatic hydroxyl groups is 1. The van der Waals surface area contributed by atoms with Crippen LogP contribution in [-0.2, 0) is 4.79 Å². The summed E-state index contributed by atoms with van der Waals surface area (Å²) in [5, 5.41) is 17.7. The van der Waals surface area contributed by atoms with Gasteiger partial charge in [0, 0.05) is 23.6 Å². The molecule has 0 saturated carbocycles. The number of carbonyl (C=O) groups is 1. The number of halogens is 1. The van der Waals surface area contributed by atoms with Crippen molar-refractivity contribution in [1.29, 1.82) is 0 Å². The summed E-state index contributed by atoms with van der Waals surface area (Å²) in [4.78, 5) is 17.4. The Morgan fingerprint density at radius 3 is 2.82 bits per heavy atom. The van der Waals surface area contributed by atoms with Crippen LogP contribution in [0.1, 0.15) is 35.9 Å². The highest BCUT2D eigenvalue weighted by atomic mass is 19.1. The first-order valence-electron chi connectivity index (χ1n) is 9.08. The van der Waals surface area contributed by atoms with Crippen molar-refractivity contribution in [3.05, 3.63) is 83.1 Å². The third-order valence-corrected chi connectivity index (χ3v) is 5.40. The zero-order chi connectivity index (χ0) is 19.3. The lowest BCUT2D eigenvalue weighted by atomic mass is 9.77. The van der Waals surface area contributed by atoms with E-state index in [2.05, 4.69) is 15.4 Å². The average molecular weight is 376 g/mol. The maximum Gasteiger partial charge on any atom is 0.226 e. The molecule has 0 fully saturated rings. The van der Waals surface area contributed by atoms with E-state index in [1.54, 1.807) is 28.9 Å². The number of fused-ring (bicyclic) bond motifs is 1. The van der Waals surface area contributed by atoms with Gasteiger partial charge < -0.3 is 10.4 Å². The number of nitrogens with zero attached hydrogens (tertiary/aromatic N) is 3. The molecule has 28 heavy (non-hydrogen) atoms. The number of ketones is 1. The van der Waals surface area contributed by atoms with Crippen molar-refractivity contribution in [2.75, 3.05) is 5.32 Å². The second-order valence-corrected chi connectivity index (χ2v) is 7.09. The molecular weight excluding hydrogens is 359 g/mol. The minimum atomic E-state index is -0.526. The number of carbonyl (C=O) groups excluding carboxylic acids is 1. The van der Waals surface area contributed by atoms with Crippen molar-refractivity contribution in [2.24, 2.45) is 0 Å². The SMILES string of the molecule is O=C1C[C@H](c2ccccc2O)CC2=C1[C@H](c1cccc(F)c1)n1ncnc1N2. The first-order valence-corrected chi connectivity index (χ1v) is 9.08. The van der Waals surface area contributed by atoms with E-state index in [0.717, 1.165) is 11.3 Å². The van der Waals surface area contributed by atoms with Gasteiger partial charge in [0.2, 0.25) is 5.95 Å². The molecule has 3 aromatic rings. The molecule has 140 valence electrons. The van der Waals surface area contributed by atoms with Crippen LogP contribution < -0.4 is 5.32 Å². The topological polar surface area (TPSA) is 80.0 Å². The third kappa shape index (κ3) is 2.58. The number of para-hydroxylation sites is 1. The number of phenols is 1. The van der Waals surface area contributed by atoms with Crippen LogP contribution in [0.25, 0.3) is 0 Å². The van der Waals surface area contributed by atoms with Crippen LogP contribution in [0.15, 0.2) is 66.1 Å². The summed E-state index contributed by atoms with van der Waals surface area (Å²) in [5.74, 6) is 0.152. The molecule has 0 spiro atoms. The van der Waals surface area contributed by atoms with E-state index in [-0.39, 0.29) is 29.7 Å². The van der Waals surface area contributed by atoms with Gasteiger partial charge in [0.05, 0.1) is 0 Å². The minimum Gasteiger partial charge on any atom is -0.508 e. The van der Waals surface area contributed by atoms with Gasteiger partial charge in [0.1, 0.15) is 23.9 Å². The minimum absolute atomic E-state index is 0.0441. The number of aromatic nitrogens is 3. The lowest BCUT2D eigenvalue weighted by molar-refractivity contribution is -0.116. The number of phenolic OH excluding ortho intramolecular Hbond substituents is 1. The Balaban J connectivity index is 1.62. The van der Waals surface area contributed by atoms with E-state index >= 15 is 0 Å². The zero-order valence-electron chi connectivity index (χ0n) is 14.8. The van der Waals surface area contributed by atoms with Gasteiger partial charge in [-0.15, -0.1) is 0 Å². The number of allylic oxidation sites excluding steroid dienone is 2. The summed E-state index contributed by atoms with van der Waals surface area (Å²) < 4.78 is 15.5. The lowest BCUT2D eigenvalue weighted by Crippen LogP contribution is -2.33. The number of rotatable bonds is 2. The zero-order valence-corrected chi connectivity index (χ0v) is 14.8. The Morgan fingerprint density at radius 1 is 1.14 bits per heavy atom. The van der Waals surface area contributed by atoms with Gasteiger partial charge in [0.25, 0.3) is 0 Å². The Bertz CT molecular complexity index is 1120. The molecule has 0 amide bonds. The van der Waals surface area contributed by atoms with Crippen LogP contribution >= 0.6 is 0 Å². The molecule has 2 aliphatic rings. The lowest BCUT2D eigenvalue weighted by Gasteiger charge is -2.35. The summed E-state index contributed by atoms with van der Waals surface area (Å²) in [6.07, 6.45) is 2.24. The number of hydrogen-bond donors (Lipinski definition) is 2. The van der Waals surface area contributed by atoms with E-state index < -0.39 is 6.04 Å². The van der Waals surface area contributed by atoms with Crippen LogP contribution in [0, 0.1) is 5.82 Å². The van der Waals surface area contributed by atoms with Crippen molar-refractivity contribution in [3.63, 3.8) is 0 Å². The number of benzene rings is 2. The van der Waals surface area contributed by atoms with E-state index in [1.165, 1.54) is 18.5 Å². The molecular formula is C21H17FN4O2. The van der Waals surface area contributed by atoms with Crippen molar-refractivity contribution >= 4 is 11.7 Å². The van der Waals surface area contributed by atoms with Crippen LogP contribution in [0.2, 0.25) is 0 Å². The fourth-order valence-electron chi connectivity index (χ4n) is 4.19. The molecule has 2 N–H and O–H groups in total. The molecule has 0 radical (unpaired) electrons. The Hall–Kier alpha value is -3.48. The van der Waals surface area contributed by atoms with Gasteiger partial charge in [-0.25, -0.2) is 9.07 Å². The monoisotopic (exact) mass is 376 g/mol. The molecule has 1 aliphatic carbocycles. The molecule has 7 heteroatoms. The fourth-order valence-corrected chi connectivity index (χ4v) is 4.19. The number of Topliss-reactive ketones (excluding diaryl/α,β-unsaturated/α-hetero) is 1. The average Bonchev–Trinajstić information content (AvgIpc) is 3.14. The molecule has 2 atom stereocenters. The molecule has 6 nitrogen and oxygen atoms in total. The number of anilines is 1. The summed E-state index contributed by atoms with van der Waals surface area (Å²) in [6, 6.07) is 12.8. The van der Waals surface area contributed by atoms with Gasteiger partial charge in [-0.2, -0.15) is 10.1 Å². The van der Waals surface area contributed by atoms with E-state index in [0.29, 0.717) is 23.5 Å². The maximum atomic E-state index is 13.9. The van der Waals surface area contributed by atoms with E-state index in [1.807, 2.05) is 12.1 Å². The molecule has 5 rings (SSSR count). The number of hydrogen-bond acceptors (Lipinski definition) is 5. The molecule has 2 aromatic carbocycles. The van der Waals surface area contributed by atoms with E-state index in [9.17, 15) is 14.3 Å². The molecule has 1 aliphatic heterocycles. The second kappa shape index (κ2) is 6.30. The first-order chi connectivity index (χ1) is 13.6. The standard InChI is InChI=1S/C21H17FN4O2/c22-14-5-3-4-12(8-14)20-19-16(25-21-23-11-24-26(20)21)9-13(10-18(19)28)15-6-1-2-7-17(15)27/h1-8,11,13,20,27H,9-10H2,(H,23,24,25)/t13-,20+/m1/s1. The first kappa shape index (κ1) is 16.7. The molecule has 2 heterocycles. The largest absolute Gasteiger partial charge is 0.508 e. The summed E-state index contributed by atoms with van der Waals surface area (Å²) in [7, 11) is 0.